The van der Waals surface area contributed by atoms with Gasteiger partial charge in [0.2, 0.25) is 0 Å². The van der Waals surface area contributed by atoms with Gasteiger partial charge in [-0.05, 0) is 46.1 Å². The third-order valence-electron chi connectivity index (χ3n) is 3.19. The van der Waals surface area contributed by atoms with Crippen LogP contribution in [0.1, 0.15) is 23.4 Å². The molecule has 2 rings (SSSR count). The van der Waals surface area contributed by atoms with Gasteiger partial charge in [-0.2, -0.15) is 0 Å². The zero-order chi connectivity index (χ0) is 13.7. The molecule has 0 aliphatic rings. The molecule has 2 nitrogen and oxygen atoms in total. The van der Waals surface area contributed by atoms with Gasteiger partial charge in [-0.25, -0.2) is 0 Å². The van der Waals surface area contributed by atoms with Crippen molar-refractivity contribution in [2.24, 2.45) is 11.7 Å². The minimum Gasteiger partial charge on any atom is -0.324 e. The van der Waals surface area contributed by atoms with Crippen molar-refractivity contribution in [1.29, 1.82) is 0 Å². The average molecular weight is 339 g/mol. The molecule has 2 unspecified atom stereocenters. The van der Waals surface area contributed by atoms with Crippen LogP contribution in [0.2, 0.25) is 0 Å². The number of hydrogen-bond acceptors (Lipinski definition) is 3. The first-order valence-corrected chi connectivity index (χ1v) is 8.03. The Bertz CT molecular complexity index is 498. The summed E-state index contributed by atoms with van der Waals surface area (Å²) in [5.41, 5.74) is 7.48. The van der Waals surface area contributed by atoms with Gasteiger partial charge >= 0.3 is 0 Å². The highest BCUT2D eigenvalue weighted by Crippen LogP contribution is 2.22. The van der Waals surface area contributed by atoms with Crippen molar-refractivity contribution in [3.05, 3.63) is 56.7 Å². The molecule has 2 atom stereocenters. The topological polar surface area (TPSA) is 38.0 Å². The lowest BCUT2D eigenvalue weighted by Gasteiger charge is -2.20. The summed E-state index contributed by atoms with van der Waals surface area (Å²) < 4.78 is 1.18. The van der Waals surface area contributed by atoms with Crippen LogP contribution in [0.4, 0.5) is 0 Å². The SMILES string of the molecule is CC(CNCc1ccc(Br)s1)C(N)c1ccccc1. The van der Waals surface area contributed by atoms with E-state index in [-0.39, 0.29) is 6.04 Å². The molecule has 0 bridgehead atoms. The number of nitrogens with two attached hydrogens (primary N) is 1. The fraction of sp³-hybridized carbons (Fsp3) is 0.333. The summed E-state index contributed by atoms with van der Waals surface area (Å²) in [6.45, 7) is 4.02. The van der Waals surface area contributed by atoms with Crippen molar-refractivity contribution in [1.82, 2.24) is 5.32 Å². The molecule has 1 aromatic heterocycles. The van der Waals surface area contributed by atoms with Crippen LogP contribution in [-0.2, 0) is 6.54 Å². The van der Waals surface area contributed by atoms with E-state index in [4.69, 9.17) is 5.73 Å². The summed E-state index contributed by atoms with van der Waals surface area (Å²) in [5.74, 6) is 0.408. The number of benzene rings is 1. The molecule has 0 amide bonds. The zero-order valence-corrected chi connectivity index (χ0v) is 13.4. The maximum absolute atomic E-state index is 6.28. The van der Waals surface area contributed by atoms with E-state index < -0.39 is 0 Å². The molecule has 1 aromatic carbocycles. The van der Waals surface area contributed by atoms with Crippen LogP contribution >= 0.6 is 27.3 Å². The van der Waals surface area contributed by atoms with Gasteiger partial charge < -0.3 is 11.1 Å². The predicted molar refractivity (Wildman–Crippen MR) is 86.3 cm³/mol. The lowest BCUT2D eigenvalue weighted by atomic mass is 9.95. The van der Waals surface area contributed by atoms with Gasteiger partial charge in [0.1, 0.15) is 0 Å². The second-order valence-corrected chi connectivity index (χ2v) is 7.30. The smallest absolute Gasteiger partial charge is 0.0701 e. The molecule has 0 aliphatic heterocycles. The van der Waals surface area contributed by atoms with Crippen LogP contribution in [0.15, 0.2) is 46.3 Å². The molecule has 0 spiro atoms. The molecular formula is C15H19BrN2S. The fourth-order valence-corrected chi connectivity index (χ4v) is 3.45. The molecule has 102 valence electrons. The molecule has 0 saturated carbocycles. The van der Waals surface area contributed by atoms with Gasteiger partial charge in [-0.1, -0.05) is 37.3 Å². The van der Waals surface area contributed by atoms with Crippen LogP contribution in [0.5, 0.6) is 0 Å². The van der Waals surface area contributed by atoms with Crippen molar-refractivity contribution in [2.45, 2.75) is 19.5 Å². The third-order valence-corrected chi connectivity index (χ3v) is 4.82. The largest absolute Gasteiger partial charge is 0.324 e. The zero-order valence-electron chi connectivity index (χ0n) is 11.0. The summed E-state index contributed by atoms with van der Waals surface area (Å²) >= 11 is 5.24. The Hall–Kier alpha value is -0.680. The number of halogens is 1. The van der Waals surface area contributed by atoms with Crippen molar-refractivity contribution < 1.29 is 0 Å². The number of hydrogen-bond donors (Lipinski definition) is 2. The highest BCUT2D eigenvalue weighted by molar-refractivity contribution is 9.11. The standard InChI is InChI=1S/C15H19BrN2S/c1-11(15(17)12-5-3-2-4-6-12)9-18-10-13-7-8-14(16)19-13/h2-8,11,15,18H,9-10,17H2,1H3. The second kappa shape index (κ2) is 7.20. The van der Waals surface area contributed by atoms with Crippen LogP contribution in [0.3, 0.4) is 0 Å². The normalized spacial score (nSPS) is 14.3. The van der Waals surface area contributed by atoms with Gasteiger partial charge in [0.15, 0.2) is 0 Å². The summed E-state index contributed by atoms with van der Waals surface area (Å²) in [5, 5.41) is 3.48. The van der Waals surface area contributed by atoms with Crippen molar-refractivity contribution in [3.8, 4) is 0 Å². The monoisotopic (exact) mass is 338 g/mol. The number of nitrogens with one attached hydrogen (secondary N) is 1. The maximum Gasteiger partial charge on any atom is 0.0701 e. The summed E-state index contributed by atoms with van der Waals surface area (Å²) in [6.07, 6.45) is 0. The van der Waals surface area contributed by atoms with Crippen LogP contribution in [0.25, 0.3) is 0 Å². The Morgan fingerprint density at radius 2 is 1.95 bits per heavy atom. The minimum absolute atomic E-state index is 0.0868. The lowest BCUT2D eigenvalue weighted by Crippen LogP contribution is -2.29. The van der Waals surface area contributed by atoms with Gasteiger partial charge in [0, 0.05) is 17.5 Å². The first-order chi connectivity index (χ1) is 9.16. The fourth-order valence-electron chi connectivity index (χ4n) is 2.00. The van der Waals surface area contributed by atoms with Gasteiger partial charge in [-0.15, -0.1) is 11.3 Å². The van der Waals surface area contributed by atoms with Crippen LogP contribution < -0.4 is 11.1 Å². The Kier molecular flexibility index (Phi) is 5.58. The summed E-state index contributed by atoms with van der Waals surface area (Å²) in [4.78, 5) is 1.34. The van der Waals surface area contributed by atoms with Crippen LogP contribution in [-0.4, -0.2) is 6.54 Å². The van der Waals surface area contributed by atoms with E-state index in [0.717, 1.165) is 13.1 Å². The molecule has 4 heteroatoms. The molecule has 3 N–H and O–H groups in total. The molecule has 0 radical (unpaired) electrons. The van der Waals surface area contributed by atoms with Gasteiger partial charge in [0.05, 0.1) is 3.79 Å². The van der Waals surface area contributed by atoms with E-state index in [0.29, 0.717) is 5.92 Å². The first kappa shape index (κ1) is 14.7. The van der Waals surface area contributed by atoms with E-state index in [2.05, 4.69) is 52.4 Å². The van der Waals surface area contributed by atoms with Crippen LogP contribution in [0, 0.1) is 5.92 Å². The van der Waals surface area contributed by atoms with Gasteiger partial charge in [0.25, 0.3) is 0 Å². The van der Waals surface area contributed by atoms with Gasteiger partial charge in [-0.3, -0.25) is 0 Å². The number of thiophene rings is 1. The van der Waals surface area contributed by atoms with Crippen molar-refractivity contribution in [2.75, 3.05) is 6.54 Å². The molecule has 0 fully saturated rings. The van der Waals surface area contributed by atoms with Crippen molar-refractivity contribution in [3.63, 3.8) is 0 Å². The highest BCUT2D eigenvalue weighted by Gasteiger charge is 2.14. The van der Waals surface area contributed by atoms with E-state index in [1.807, 2.05) is 18.2 Å². The molecule has 2 aromatic rings. The summed E-state index contributed by atoms with van der Waals surface area (Å²) in [6, 6.07) is 14.6. The van der Waals surface area contributed by atoms with E-state index in [1.54, 1.807) is 11.3 Å². The predicted octanol–water partition coefficient (Wildman–Crippen LogP) is 3.94. The highest BCUT2D eigenvalue weighted by atomic mass is 79.9. The minimum atomic E-state index is 0.0868. The maximum atomic E-state index is 6.28. The Balaban J connectivity index is 1.79. The Morgan fingerprint density at radius 1 is 1.21 bits per heavy atom. The molecular weight excluding hydrogens is 320 g/mol. The summed E-state index contributed by atoms with van der Waals surface area (Å²) in [7, 11) is 0. The molecule has 1 heterocycles. The van der Waals surface area contributed by atoms with E-state index in [9.17, 15) is 0 Å². The van der Waals surface area contributed by atoms with E-state index >= 15 is 0 Å². The number of rotatable bonds is 6. The molecule has 19 heavy (non-hydrogen) atoms. The third kappa shape index (κ3) is 4.42. The first-order valence-electron chi connectivity index (χ1n) is 6.42. The Labute approximate surface area is 127 Å². The average Bonchev–Trinajstić information content (AvgIpc) is 2.84. The quantitative estimate of drug-likeness (QED) is 0.837. The molecule has 0 aliphatic carbocycles. The van der Waals surface area contributed by atoms with E-state index in [1.165, 1.54) is 14.2 Å². The Morgan fingerprint density at radius 3 is 2.58 bits per heavy atom. The molecule has 0 saturated heterocycles. The second-order valence-electron chi connectivity index (χ2n) is 4.75. The lowest BCUT2D eigenvalue weighted by molar-refractivity contribution is 0.435. The van der Waals surface area contributed by atoms with Crippen molar-refractivity contribution >= 4 is 27.3 Å².